The lowest BCUT2D eigenvalue weighted by Crippen LogP contribution is -2.17. The number of hydrogen-bond acceptors (Lipinski definition) is 5. The number of carbonyl (C=O) groups excluding carboxylic acids is 1. The van der Waals surface area contributed by atoms with E-state index < -0.39 is 5.97 Å². The Bertz CT molecular complexity index is 876. The summed E-state index contributed by atoms with van der Waals surface area (Å²) in [5, 5.41) is 11.6. The summed E-state index contributed by atoms with van der Waals surface area (Å²) in [5.74, 6) is -0.267. The van der Waals surface area contributed by atoms with Gasteiger partial charge in [-0.1, -0.05) is 42.2 Å². The standard InChI is InChI=1S/C17H11NO4S2/c19-15-14(24-17(23)18-15)8-10-3-1-5-12(7-10)22-13-6-2-4-11(9-13)16(20)21/h1-9H,(H,20,21)(H,18,19,23). The van der Waals surface area contributed by atoms with Crippen LogP contribution in [0.5, 0.6) is 11.5 Å². The number of thiocarbonyl (C=S) groups is 1. The predicted octanol–water partition coefficient (Wildman–Crippen LogP) is 3.67. The number of carboxylic acid groups (broad SMARTS) is 1. The predicted molar refractivity (Wildman–Crippen MR) is 96.2 cm³/mol. The minimum Gasteiger partial charge on any atom is -0.478 e. The molecule has 0 aromatic heterocycles. The molecular formula is C17H11NO4S2. The number of nitrogens with one attached hydrogen (secondary N) is 1. The van der Waals surface area contributed by atoms with Gasteiger partial charge in [-0.15, -0.1) is 0 Å². The third-order valence-corrected chi connectivity index (χ3v) is 4.28. The number of benzene rings is 2. The van der Waals surface area contributed by atoms with Crippen LogP contribution in [0.1, 0.15) is 15.9 Å². The van der Waals surface area contributed by atoms with Crippen molar-refractivity contribution < 1.29 is 19.4 Å². The van der Waals surface area contributed by atoms with E-state index in [-0.39, 0.29) is 11.5 Å². The molecule has 24 heavy (non-hydrogen) atoms. The lowest BCUT2D eigenvalue weighted by Gasteiger charge is -2.07. The van der Waals surface area contributed by atoms with Crippen LogP contribution in [-0.4, -0.2) is 21.3 Å². The van der Waals surface area contributed by atoms with Gasteiger partial charge in [0, 0.05) is 0 Å². The summed E-state index contributed by atoms with van der Waals surface area (Å²) in [7, 11) is 0. The van der Waals surface area contributed by atoms with Crippen LogP contribution in [0, 0.1) is 0 Å². The third-order valence-electron chi connectivity index (χ3n) is 3.11. The Morgan fingerprint density at radius 1 is 1.17 bits per heavy atom. The number of amides is 1. The number of rotatable bonds is 4. The van der Waals surface area contributed by atoms with E-state index in [1.807, 2.05) is 6.07 Å². The van der Waals surface area contributed by atoms with E-state index in [1.54, 1.807) is 36.4 Å². The van der Waals surface area contributed by atoms with Gasteiger partial charge in [0.2, 0.25) is 0 Å². The van der Waals surface area contributed by atoms with Crippen molar-refractivity contribution in [2.24, 2.45) is 0 Å². The second-order valence-electron chi connectivity index (χ2n) is 4.86. The third kappa shape index (κ3) is 3.81. The molecule has 1 heterocycles. The lowest BCUT2D eigenvalue weighted by molar-refractivity contribution is -0.115. The molecule has 5 nitrogen and oxygen atoms in total. The van der Waals surface area contributed by atoms with Gasteiger partial charge in [-0.3, -0.25) is 4.79 Å². The molecule has 0 saturated carbocycles. The largest absolute Gasteiger partial charge is 0.478 e. The topological polar surface area (TPSA) is 75.6 Å². The van der Waals surface area contributed by atoms with Gasteiger partial charge < -0.3 is 15.2 Å². The van der Waals surface area contributed by atoms with Crippen molar-refractivity contribution in [2.75, 3.05) is 0 Å². The maximum absolute atomic E-state index is 11.7. The molecule has 0 bridgehead atoms. The van der Waals surface area contributed by atoms with Gasteiger partial charge in [0.05, 0.1) is 10.5 Å². The summed E-state index contributed by atoms with van der Waals surface area (Å²) < 4.78 is 6.13. The minimum atomic E-state index is -1.01. The number of hydrogen-bond donors (Lipinski definition) is 2. The molecule has 1 fully saturated rings. The molecule has 0 aliphatic carbocycles. The minimum absolute atomic E-state index is 0.151. The average molecular weight is 357 g/mol. The summed E-state index contributed by atoms with van der Waals surface area (Å²) >= 11 is 6.16. The zero-order chi connectivity index (χ0) is 17.1. The van der Waals surface area contributed by atoms with Gasteiger partial charge in [0.1, 0.15) is 15.8 Å². The van der Waals surface area contributed by atoms with E-state index in [4.69, 9.17) is 22.1 Å². The molecule has 1 amide bonds. The molecule has 0 radical (unpaired) electrons. The number of carbonyl (C=O) groups is 2. The quantitative estimate of drug-likeness (QED) is 0.642. The Morgan fingerprint density at radius 2 is 1.88 bits per heavy atom. The van der Waals surface area contributed by atoms with Crippen molar-refractivity contribution in [3.8, 4) is 11.5 Å². The molecule has 0 spiro atoms. The van der Waals surface area contributed by atoms with Crippen molar-refractivity contribution >= 4 is 46.3 Å². The number of ether oxygens (including phenoxy) is 1. The fraction of sp³-hybridized carbons (Fsp3) is 0. The molecule has 7 heteroatoms. The highest BCUT2D eigenvalue weighted by Gasteiger charge is 2.21. The molecule has 2 aromatic rings. The monoisotopic (exact) mass is 357 g/mol. The highest BCUT2D eigenvalue weighted by molar-refractivity contribution is 8.26. The van der Waals surface area contributed by atoms with E-state index in [0.29, 0.717) is 20.7 Å². The Morgan fingerprint density at radius 3 is 2.54 bits per heavy atom. The molecule has 0 unspecified atom stereocenters. The first kappa shape index (κ1) is 16.2. The highest BCUT2D eigenvalue weighted by atomic mass is 32.2. The summed E-state index contributed by atoms with van der Waals surface area (Å²) in [4.78, 5) is 23.2. The smallest absolute Gasteiger partial charge is 0.335 e. The Kier molecular flexibility index (Phi) is 4.64. The fourth-order valence-electron chi connectivity index (χ4n) is 2.07. The fourth-order valence-corrected chi connectivity index (χ4v) is 3.11. The first-order chi connectivity index (χ1) is 11.5. The van der Waals surface area contributed by atoms with Crippen molar-refractivity contribution in [3.63, 3.8) is 0 Å². The van der Waals surface area contributed by atoms with Crippen molar-refractivity contribution in [2.45, 2.75) is 0 Å². The van der Waals surface area contributed by atoms with Crippen LogP contribution in [0.15, 0.2) is 53.4 Å². The van der Waals surface area contributed by atoms with Crippen LogP contribution in [-0.2, 0) is 4.79 Å². The van der Waals surface area contributed by atoms with E-state index >= 15 is 0 Å². The Labute approximate surface area is 147 Å². The summed E-state index contributed by atoms with van der Waals surface area (Å²) in [6.07, 6.45) is 1.72. The van der Waals surface area contributed by atoms with E-state index in [1.165, 1.54) is 23.9 Å². The second kappa shape index (κ2) is 6.86. The molecule has 1 saturated heterocycles. The molecule has 3 rings (SSSR count). The Hall–Kier alpha value is -2.64. The van der Waals surface area contributed by atoms with Crippen molar-refractivity contribution in [3.05, 3.63) is 64.6 Å². The summed E-state index contributed by atoms with van der Waals surface area (Å²) in [5.41, 5.74) is 0.933. The molecule has 1 aliphatic heterocycles. The summed E-state index contributed by atoms with van der Waals surface area (Å²) in [6.45, 7) is 0. The highest BCUT2D eigenvalue weighted by Crippen LogP contribution is 2.28. The maximum Gasteiger partial charge on any atom is 0.335 e. The molecule has 2 N–H and O–H groups in total. The number of aromatic carboxylic acids is 1. The number of thioether (sulfide) groups is 1. The zero-order valence-electron chi connectivity index (χ0n) is 12.2. The summed E-state index contributed by atoms with van der Waals surface area (Å²) in [6, 6.07) is 13.4. The van der Waals surface area contributed by atoms with Gasteiger partial charge in [-0.2, -0.15) is 0 Å². The molecule has 120 valence electrons. The van der Waals surface area contributed by atoms with Crippen LogP contribution in [0.2, 0.25) is 0 Å². The van der Waals surface area contributed by atoms with E-state index in [0.717, 1.165) is 5.56 Å². The van der Waals surface area contributed by atoms with Crippen molar-refractivity contribution in [1.29, 1.82) is 0 Å². The SMILES string of the molecule is O=C1NC(=S)SC1=Cc1cccc(Oc2cccc(C(=O)O)c2)c1. The number of carboxylic acids is 1. The van der Waals surface area contributed by atoms with Gasteiger partial charge in [0.25, 0.3) is 5.91 Å². The van der Waals surface area contributed by atoms with Crippen LogP contribution in [0.4, 0.5) is 0 Å². The lowest BCUT2D eigenvalue weighted by atomic mass is 10.2. The molecule has 0 atom stereocenters. The Balaban J connectivity index is 1.82. The van der Waals surface area contributed by atoms with Crippen LogP contribution < -0.4 is 10.1 Å². The van der Waals surface area contributed by atoms with Crippen molar-refractivity contribution in [1.82, 2.24) is 5.32 Å². The van der Waals surface area contributed by atoms with E-state index in [2.05, 4.69) is 5.32 Å². The van der Waals surface area contributed by atoms with Gasteiger partial charge in [-0.25, -0.2) is 4.79 Å². The first-order valence-electron chi connectivity index (χ1n) is 6.87. The zero-order valence-corrected chi connectivity index (χ0v) is 13.8. The maximum atomic E-state index is 11.7. The van der Waals surface area contributed by atoms with Crippen LogP contribution >= 0.6 is 24.0 Å². The molecule has 2 aromatic carbocycles. The second-order valence-corrected chi connectivity index (χ2v) is 6.58. The van der Waals surface area contributed by atoms with Crippen LogP contribution in [0.3, 0.4) is 0 Å². The van der Waals surface area contributed by atoms with Gasteiger partial charge >= 0.3 is 5.97 Å². The molecular weight excluding hydrogens is 346 g/mol. The average Bonchev–Trinajstić information content (AvgIpc) is 2.85. The van der Waals surface area contributed by atoms with Gasteiger partial charge in [-0.05, 0) is 42.0 Å². The normalized spacial score (nSPS) is 15.4. The van der Waals surface area contributed by atoms with Crippen LogP contribution in [0.25, 0.3) is 6.08 Å². The van der Waals surface area contributed by atoms with E-state index in [9.17, 15) is 9.59 Å². The van der Waals surface area contributed by atoms with Gasteiger partial charge in [0.15, 0.2) is 0 Å². The first-order valence-corrected chi connectivity index (χ1v) is 8.10. The molecule has 1 aliphatic rings.